The minimum Gasteiger partial charge on any atom is -0.492 e. The highest BCUT2D eigenvalue weighted by atomic mass is 32.2. The summed E-state index contributed by atoms with van der Waals surface area (Å²) >= 11 is 6.78. The number of hydrogen-bond donors (Lipinski definition) is 0. The van der Waals surface area contributed by atoms with Gasteiger partial charge in [-0.1, -0.05) is 60.4 Å². The first kappa shape index (κ1) is 20.6. The highest BCUT2D eigenvalue weighted by Gasteiger charge is 2.32. The van der Waals surface area contributed by atoms with Crippen LogP contribution in [-0.4, -0.2) is 26.3 Å². The minimum absolute atomic E-state index is 0.0966. The summed E-state index contributed by atoms with van der Waals surface area (Å²) in [6.45, 7) is 1.59. The molecule has 0 radical (unpaired) electrons. The molecular formula is C25H20N2O3S2. The molecule has 2 aromatic heterocycles. The zero-order valence-electron chi connectivity index (χ0n) is 17.1. The average molecular weight is 461 g/mol. The first-order chi connectivity index (χ1) is 15.7. The molecule has 32 heavy (non-hydrogen) atoms. The third-order valence-electron chi connectivity index (χ3n) is 5.22. The van der Waals surface area contributed by atoms with Crippen LogP contribution < -0.4 is 4.74 Å². The molecule has 2 aromatic carbocycles. The van der Waals surface area contributed by atoms with Crippen molar-refractivity contribution in [3.05, 3.63) is 95.4 Å². The van der Waals surface area contributed by atoms with Crippen LogP contribution in [0.5, 0.6) is 5.75 Å². The molecule has 1 saturated heterocycles. The molecule has 0 bridgehead atoms. The van der Waals surface area contributed by atoms with E-state index in [1.54, 1.807) is 17.2 Å². The van der Waals surface area contributed by atoms with Crippen molar-refractivity contribution in [3.8, 4) is 5.75 Å². The van der Waals surface area contributed by atoms with Crippen molar-refractivity contribution in [2.45, 2.75) is 13.1 Å². The Morgan fingerprint density at radius 2 is 1.84 bits per heavy atom. The normalized spacial score (nSPS) is 15.2. The lowest BCUT2D eigenvalue weighted by molar-refractivity contribution is -0.122. The smallest absolute Gasteiger partial charge is 0.266 e. The number of para-hydroxylation sites is 2. The van der Waals surface area contributed by atoms with E-state index in [1.165, 1.54) is 11.8 Å². The van der Waals surface area contributed by atoms with Crippen LogP contribution in [0.2, 0.25) is 0 Å². The average Bonchev–Trinajstić information content (AvgIpc) is 3.51. The van der Waals surface area contributed by atoms with E-state index in [1.807, 2.05) is 54.6 Å². The Morgan fingerprint density at radius 1 is 1.03 bits per heavy atom. The van der Waals surface area contributed by atoms with Crippen molar-refractivity contribution < 1.29 is 13.9 Å². The van der Waals surface area contributed by atoms with E-state index >= 15 is 0 Å². The maximum Gasteiger partial charge on any atom is 0.266 e. The van der Waals surface area contributed by atoms with Crippen LogP contribution in [0.3, 0.4) is 0 Å². The first-order valence-electron chi connectivity index (χ1n) is 10.2. The highest BCUT2D eigenvalue weighted by molar-refractivity contribution is 8.26. The van der Waals surface area contributed by atoms with Gasteiger partial charge in [0.05, 0.1) is 24.3 Å². The van der Waals surface area contributed by atoms with E-state index in [9.17, 15) is 4.79 Å². The van der Waals surface area contributed by atoms with Gasteiger partial charge >= 0.3 is 0 Å². The predicted octanol–water partition coefficient (Wildman–Crippen LogP) is 5.71. The van der Waals surface area contributed by atoms with Crippen LogP contribution in [0, 0.1) is 0 Å². The molecular weight excluding hydrogens is 440 g/mol. The summed E-state index contributed by atoms with van der Waals surface area (Å²) in [7, 11) is 0. The Hall–Kier alpha value is -3.29. The van der Waals surface area contributed by atoms with Crippen molar-refractivity contribution >= 4 is 51.2 Å². The summed E-state index contributed by atoms with van der Waals surface area (Å²) in [4.78, 5) is 15.2. The summed E-state index contributed by atoms with van der Waals surface area (Å²) < 4.78 is 13.9. The number of carbonyl (C=O) groups is 1. The number of nitrogens with zero attached hydrogens (tertiary/aromatic N) is 2. The van der Waals surface area contributed by atoms with E-state index in [4.69, 9.17) is 21.4 Å². The van der Waals surface area contributed by atoms with Crippen molar-refractivity contribution in [2.24, 2.45) is 0 Å². The van der Waals surface area contributed by atoms with Gasteiger partial charge in [-0.25, -0.2) is 0 Å². The lowest BCUT2D eigenvalue weighted by Gasteiger charge is -2.11. The predicted molar refractivity (Wildman–Crippen MR) is 131 cm³/mol. The molecule has 0 spiro atoms. The molecule has 0 saturated carbocycles. The maximum atomic E-state index is 13.0. The Bertz CT molecular complexity index is 1290. The number of thioether (sulfide) groups is 1. The number of amides is 1. The number of hydrogen-bond acceptors (Lipinski definition) is 5. The summed E-state index contributed by atoms with van der Waals surface area (Å²) in [5, 5.41) is 1.09. The van der Waals surface area contributed by atoms with Gasteiger partial charge in [0, 0.05) is 22.7 Å². The lowest BCUT2D eigenvalue weighted by atomic mass is 10.1. The fourth-order valence-corrected chi connectivity index (χ4v) is 4.94. The molecule has 0 aliphatic carbocycles. The molecule has 1 fully saturated rings. The van der Waals surface area contributed by atoms with Crippen LogP contribution in [-0.2, 0) is 17.9 Å². The number of aromatic nitrogens is 1. The van der Waals surface area contributed by atoms with E-state index < -0.39 is 0 Å². The Labute approximate surface area is 195 Å². The molecule has 0 atom stereocenters. The van der Waals surface area contributed by atoms with Crippen LogP contribution >= 0.6 is 24.0 Å². The Kier molecular flexibility index (Phi) is 5.83. The summed E-state index contributed by atoms with van der Waals surface area (Å²) in [6.07, 6.45) is 5.59. The first-order valence-corrected chi connectivity index (χ1v) is 11.4. The number of benzene rings is 2. The van der Waals surface area contributed by atoms with E-state index in [2.05, 4.69) is 22.9 Å². The van der Waals surface area contributed by atoms with Gasteiger partial charge in [-0.05, 0) is 36.4 Å². The maximum absolute atomic E-state index is 13.0. The molecule has 3 heterocycles. The quantitative estimate of drug-likeness (QED) is 0.261. The molecule has 0 unspecified atom stereocenters. The topological polar surface area (TPSA) is 47.6 Å². The number of thiocarbonyl (C=S) groups is 1. The molecule has 4 aromatic rings. The molecule has 1 amide bonds. The van der Waals surface area contributed by atoms with Crippen molar-refractivity contribution in [1.29, 1.82) is 0 Å². The van der Waals surface area contributed by atoms with Crippen LogP contribution in [0.15, 0.2) is 88.5 Å². The fourth-order valence-electron chi connectivity index (χ4n) is 3.69. The molecule has 1 aliphatic rings. The van der Waals surface area contributed by atoms with Gasteiger partial charge in [0.2, 0.25) is 0 Å². The zero-order chi connectivity index (χ0) is 21.9. The number of ether oxygens (including phenoxy) is 1. The number of fused-ring (bicyclic) bond motifs is 1. The molecule has 5 rings (SSSR count). The van der Waals surface area contributed by atoms with E-state index in [-0.39, 0.29) is 5.91 Å². The second-order valence-electron chi connectivity index (χ2n) is 7.30. The summed E-state index contributed by atoms with van der Waals surface area (Å²) in [5.74, 6) is 1.46. The molecule has 7 heteroatoms. The van der Waals surface area contributed by atoms with Gasteiger partial charge in [0.15, 0.2) is 0 Å². The second-order valence-corrected chi connectivity index (χ2v) is 8.98. The Morgan fingerprint density at radius 3 is 2.66 bits per heavy atom. The second kappa shape index (κ2) is 9.06. The highest BCUT2D eigenvalue weighted by Crippen LogP contribution is 2.35. The van der Waals surface area contributed by atoms with E-state index in [0.29, 0.717) is 34.7 Å². The SMILES string of the molecule is O=C1/C(=C/c2cn(CCOc3ccccc3)c3ccccc23)SC(=S)N1Cc1ccco1. The van der Waals surface area contributed by atoms with Gasteiger partial charge in [-0.2, -0.15) is 0 Å². The fraction of sp³-hybridized carbons (Fsp3) is 0.120. The van der Waals surface area contributed by atoms with Gasteiger partial charge in [-0.15, -0.1) is 0 Å². The summed E-state index contributed by atoms with van der Waals surface area (Å²) in [6, 6.07) is 21.6. The van der Waals surface area contributed by atoms with Gasteiger partial charge in [0.1, 0.15) is 22.4 Å². The standard InChI is InChI=1S/C25H20N2O3S2/c28-24-23(32-25(31)27(24)17-20-9-6-13-29-20)15-18-16-26(22-11-5-4-10-21(18)22)12-14-30-19-7-2-1-3-8-19/h1-11,13,15-16H,12,14,17H2/b23-15-. The number of carbonyl (C=O) groups excluding carboxylic acids is 1. The summed E-state index contributed by atoms with van der Waals surface area (Å²) in [5.41, 5.74) is 2.08. The van der Waals surface area contributed by atoms with Crippen molar-refractivity contribution in [1.82, 2.24) is 9.47 Å². The van der Waals surface area contributed by atoms with Crippen LogP contribution in [0.25, 0.3) is 17.0 Å². The third-order valence-corrected chi connectivity index (χ3v) is 6.60. The third kappa shape index (κ3) is 4.22. The number of furan rings is 1. The van der Waals surface area contributed by atoms with Gasteiger partial charge < -0.3 is 13.7 Å². The van der Waals surface area contributed by atoms with Crippen molar-refractivity contribution in [3.63, 3.8) is 0 Å². The zero-order valence-corrected chi connectivity index (χ0v) is 18.8. The Balaban J connectivity index is 1.37. The van der Waals surface area contributed by atoms with Gasteiger partial charge in [-0.3, -0.25) is 9.69 Å². The largest absolute Gasteiger partial charge is 0.492 e. The van der Waals surface area contributed by atoms with Gasteiger partial charge in [0.25, 0.3) is 5.91 Å². The monoisotopic (exact) mass is 460 g/mol. The lowest BCUT2D eigenvalue weighted by Crippen LogP contribution is -2.27. The molecule has 1 aliphatic heterocycles. The number of rotatable bonds is 7. The minimum atomic E-state index is -0.0966. The molecule has 0 N–H and O–H groups in total. The van der Waals surface area contributed by atoms with Crippen LogP contribution in [0.1, 0.15) is 11.3 Å². The van der Waals surface area contributed by atoms with Crippen molar-refractivity contribution in [2.75, 3.05) is 6.61 Å². The molecule has 160 valence electrons. The molecule has 5 nitrogen and oxygen atoms in total. The van der Waals surface area contributed by atoms with E-state index in [0.717, 1.165) is 22.2 Å². The van der Waals surface area contributed by atoms with Crippen LogP contribution in [0.4, 0.5) is 0 Å².